The van der Waals surface area contributed by atoms with Gasteiger partial charge in [-0.3, -0.25) is 4.79 Å². The maximum atomic E-state index is 11.4. The Labute approximate surface area is 87.5 Å². The highest BCUT2D eigenvalue weighted by molar-refractivity contribution is 5.80. The standard InChI is InChI=1S/C12H23NO/c1-12(2,3)7-6-11(14)9-13-8-10-4-5-10/h10,13H,4-9H2,1-3H3. The van der Waals surface area contributed by atoms with E-state index in [4.69, 9.17) is 0 Å². The van der Waals surface area contributed by atoms with Gasteiger partial charge in [0.2, 0.25) is 0 Å². The van der Waals surface area contributed by atoms with Crippen LogP contribution >= 0.6 is 0 Å². The maximum absolute atomic E-state index is 11.4. The fourth-order valence-electron chi connectivity index (χ4n) is 1.34. The van der Waals surface area contributed by atoms with Crippen LogP contribution in [0.3, 0.4) is 0 Å². The van der Waals surface area contributed by atoms with Gasteiger partial charge in [-0.25, -0.2) is 0 Å². The van der Waals surface area contributed by atoms with Gasteiger partial charge in [-0.05, 0) is 37.1 Å². The van der Waals surface area contributed by atoms with Crippen molar-refractivity contribution >= 4 is 5.78 Å². The molecule has 0 amide bonds. The van der Waals surface area contributed by atoms with Crippen molar-refractivity contribution in [2.45, 2.75) is 46.5 Å². The minimum Gasteiger partial charge on any atom is -0.310 e. The van der Waals surface area contributed by atoms with Gasteiger partial charge in [0, 0.05) is 6.42 Å². The fourth-order valence-corrected chi connectivity index (χ4v) is 1.34. The summed E-state index contributed by atoms with van der Waals surface area (Å²) < 4.78 is 0. The summed E-state index contributed by atoms with van der Waals surface area (Å²) in [6.07, 6.45) is 4.42. The first kappa shape index (κ1) is 11.7. The third-order valence-corrected chi connectivity index (χ3v) is 2.61. The van der Waals surface area contributed by atoms with Crippen LogP contribution in [-0.2, 0) is 4.79 Å². The predicted octanol–water partition coefficient (Wildman–Crippen LogP) is 2.38. The van der Waals surface area contributed by atoms with E-state index in [0.29, 0.717) is 12.3 Å². The van der Waals surface area contributed by atoms with Crippen molar-refractivity contribution in [1.29, 1.82) is 0 Å². The molecule has 14 heavy (non-hydrogen) atoms. The number of carbonyl (C=O) groups excluding carboxylic acids is 1. The van der Waals surface area contributed by atoms with Crippen LogP contribution in [-0.4, -0.2) is 18.9 Å². The molecule has 0 unspecified atom stereocenters. The Morgan fingerprint density at radius 1 is 1.36 bits per heavy atom. The van der Waals surface area contributed by atoms with Gasteiger partial charge in [0.05, 0.1) is 6.54 Å². The van der Waals surface area contributed by atoms with Crippen molar-refractivity contribution in [2.75, 3.05) is 13.1 Å². The van der Waals surface area contributed by atoms with E-state index in [0.717, 1.165) is 25.3 Å². The quantitative estimate of drug-likeness (QED) is 0.708. The van der Waals surface area contributed by atoms with Crippen LogP contribution in [0.25, 0.3) is 0 Å². The van der Waals surface area contributed by atoms with Crippen LogP contribution in [0.4, 0.5) is 0 Å². The monoisotopic (exact) mass is 197 g/mol. The summed E-state index contributed by atoms with van der Waals surface area (Å²) in [6, 6.07) is 0. The highest BCUT2D eigenvalue weighted by Gasteiger charge is 2.20. The number of hydrogen-bond donors (Lipinski definition) is 1. The third kappa shape index (κ3) is 6.14. The number of nitrogens with one attached hydrogen (secondary N) is 1. The highest BCUT2D eigenvalue weighted by atomic mass is 16.1. The Balaban J connectivity index is 1.97. The summed E-state index contributed by atoms with van der Waals surface area (Å²) in [5.74, 6) is 1.23. The Morgan fingerprint density at radius 3 is 2.50 bits per heavy atom. The topological polar surface area (TPSA) is 29.1 Å². The van der Waals surface area contributed by atoms with E-state index in [9.17, 15) is 4.79 Å². The second-order valence-corrected chi connectivity index (χ2v) is 5.67. The summed E-state index contributed by atoms with van der Waals surface area (Å²) in [7, 11) is 0. The number of ketones is 1. The summed E-state index contributed by atoms with van der Waals surface area (Å²) in [5, 5.41) is 3.23. The Morgan fingerprint density at radius 2 is 2.00 bits per heavy atom. The third-order valence-electron chi connectivity index (χ3n) is 2.61. The van der Waals surface area contributed by atoms with E-state index in [-0.39, 0.29) is 5.41 Å². The first-order valence-corrected chi connectivity index (χ1v) is 5.70. The minimum atomic E-state index is 0.284. The van der Waals surface area contributed by atoms with Crippen molar-refractivity contribution in [3.05, 3.63) is 0 Å². The summed E-state index contributed by atoms with van der Waals surface area (Å²) in [4.78, 5) is 11.4. The number of carbonyl (C=O) groups is 1. The second kappa shape index (κ2) is 4.92. The molecule has 0 heterocycles. The van der Waals surface area contributed by atoms with E-state index >= 15 is 0 Å². The molecular formula is C12H23NO. The van der Waals surface area contributed by atoms with E-state index < -0.39 is 0 Å². The van der Waals surface area contributed by atoms with Crippen LogP contribution in [0.1, 0.15) is 46.5 Å². The van der Waals surface area contributed by atoms with Crippen molar-refractivity contribution in [2.24, 2.45) is 11.3 Å². The van der Waals surface area contributed by atoms with Crippen molar-refractivity contribution in [3.63, 3.8) is 0 Å². The van der Waals surface area contributed by atoms with Gasteiger partial charge in [0.25, 0.3) is 0 Å². The average Bonchev–Trinajstić information content (AvgIpc) is 2.83. The molecule has 0 aliphatic heterocycles. The molecule has 0 aromatic heterocycles. The van der Waals surface area contributed by atoms with E-state index in [1.54, 1.807) is 0 Å². The lowest BCUT2D eigenvalue weighted by Crippen LogP contribution is -2.25. The number of Topliss-reactive ketones (excluding diaryl/α,β-unsaturated/α-hetero) is 1. The molecule has 0 aromatic carbocycles. The number of rotatable bonds is 6. The smallest absolute Gasteiger partial charge is 0.146 e. The van der Waals surface area contributed by atoms with E-state index in [1.807, 2.05) is 0 Å². The Hall–Kier alpha value is -0.370. The fraction of sp³-hybridized carbons (Fsp3) is 0.917. The Bertz CT molecular complexity index is 189. The maximum Gasteiger partial charge on any atom is 0.146 e. The molecule has 1 fully saturated rings. The van der Waals surface area contributed by atoms with Gasteiger partial charge in [-0.2, -0.15) is 0 Å². The molecule has 2 nitrogen and oxygen atoms in total. The molecule has 0 aromatic rings. The highest BCUT2D eigenvalue weighted by Crippen LogP contribution is 2.27. The zero-order chi connectivity index (χ0) is 10.6. The van der Waals surface area contributed by atoms with Crippen LogP contribution in [0, 0.1) is 11.3 Å². The molecular weight excluding hydrogens is 174 g/mol. The Kier molecular flexibility index (Phi) is 4.11. The molecule has 1 rings (SSSR count). The molecule has 1 aliphatic rings. The first-order chi connectivity index (χ1) is 6.47. The van der Waals surface area contributed by atoms with Crippen molar-refractivity contribution in [3.8, 4) is 0 Å². The van der Waals surface area contributed by atoms with E-state index in [2.05, 4.69) is 26.1 Å². The molecule has 0 saturated heterocycles. The van der Waals surface area contributed by atoms with Crippen molar-refractivity contribution < 1.29 is 4.79 Å². The first-order valence-electron chi connectivity index (χ1n) is 5.70. The summed E-state index contributed by atoms with van der Waals surface area (Å²) in [5.41, 5.74) is 0.284. The molecule has 1 saturated carbocycles. The lowest BCUT2D eigenvalue weighted by molar-refractivity contribution is -0.118. The molecule has 0 spiro atoms. The summed E-state index contributed by atoms with van der Waals surface area (Å²) in [6.45, 7) is 8.15. The van der Waals surface area contributed by atoms with Gasteiger partial charge >= 0.3 is 0 Å². The molecule has 0 radical (unpaired) electrons. The largest absolute Gasteiger partial charge is 0.310 e. The molecule has 0 atom stereocenters. The molecule has 0 bridgehead atoms. The predicted molar refractivity (Wildman–Crippen MR) is 59.3 cm³/mol. The van der Waals surface area contributed by atoms with Crippen LogP contribution in [0.2, 0.25) is 0 Å². The van der Waals surface area contributed by atoms with Gasteiger partial charge in [-0.1, -0.05) is 20.8 Å². The summed E-state index contributed by atoms with van der Waals surface area (Å²) >= 11 is 0. The molecule has 2 heteroatoms. The molecule has 82 valence electrons. The van der Waals surface area contributed by atoms with E-state index in [1.165, 1.54) is 12.8 Å². The zero-order valence-electron chi connectivity index (χ0n) is 9.73. The second-order valence-electron chi connectivity index (χ2n) is 5.67. The van der Waals surface area contributed by atoms with Gasteiger partial charge in [0.1, 0.15) is 5.78 Å². The van der Waals surface area contributed by atoms with Gasteiger partial charge in [0.15, 0.2) is 0 Å². The normalized spacial score (nSPS) is 17.1. The lowest BCUT2D eigenvalue weighted by Gasteiger charge is -2.17. The molecule has 1 aliphatic carbocycles. The number of hydrogen-bond acceptors (Lipinski definition) is 2. The molecule has 1 N–H and O–H groups in total. The van der Waals surface area contributed by atoms with Crippen LogP contribution in [0.15, 0.2) is 0 Å². The lowest BCUT2D eigenvalue weighted by atomic mass is 9.89. The minimum absolute atomic E-state index is 0.284. The van der Waals surface area contributed by atoms with Crippen LogP contribution < -0.4 is 5.32 Å². The van der Waals surface area contributed by atoms with Crippen LogP contribution in [0.5, 0.6) is 0 Å². The van der Waals surface area contributed by atoms with Crippen molar-refractivity contribution in [1.82, 2.24) is 5.32 Å². The van der Waals surface area contributed by atoms with Gasteiger partial charge in [-0.15, -0.1) is 0 Å². The SMILES string of the molecule is CC(C)(C)CCC(=O)CNCC1CC1. The average molecular weight is 197 g/mol. The van der Waals surface area contributed by atoms with Gasteiger partial charge < -0.3 is 5.32 Å². The zero-order valence-corrected chi connectivity index (χ0v) is 9.73.